The largest absolute Gasteiger partial charge is 0.361 e. The highest BCUT2D eigenvalue weighted by atomic mass is 32.2. The Morgan fingerprint density at radius 2 is 1.72 bits per heavy atom. The van der Waals surface area contributed by atoms with Crippen LogP contribution in [0, 0.1) is 11.8 Å². The molecule has 0 bridgehead atoms. The summed E-state index contributed by atoms with van der Waals surface area (Å²) in [6, 6.07) is 13.7. The van der Waals surface area contributed by atoms with Crippen LogP contribution in [0.5, 0.6) is 0 Å². The number of piperidine rings is 1. The van der Waals surface area contributed by atoms with Gasteiger partial charge in [-0.15, -0.1) is 0 Å². The van der Waals surface area contributed by atoms with E-state index in [9.17, 15) is 13.2 Å². The predicted octanol–water partition coefficient (Wildman–Crippen LogP) is 4.09. The van der Waals surface area contributed by atoms with E-state index in [0.717, 1.165) is 17.3 Å². The highest BCUT2D eigenvalue weighted by Gasteiger charge is 2.31. The fourth-order valence-electron chi connectivity index (χ4n) is 4.12. The number of hydrogen-bond acceptors (Lipinski definition) is 3. The normalized spacial score (nSPS) is 20.6. The molecule has 0 radical (unpaired) electrons. The second-order valence-corrected chi connectivity index (χ2v) is 9.93. The van der Waals surface area contributed by atoms with Gasteiger partial charge in [-0.05, 0) is 60.7 Å². The molecular weight excluding hydrogens is 386 g/mol. The molecule has 1 aliphatic rings. The molecule has 29 heavy (non-hydrogen) atoms. The summed E-state index contributed by atoms with van der Waals surface area (Å²) < 4.78 is 27.5. The first-order valence-electron chi connectivity index (χ1n) is 9.82. The van der Waals surface area contributed by atoms with Crippen molar-refractivity contribution >= 4 is 32.5 Å². The van der Waals surface area contributed by atoms with Crippen molar-refractivity contribution in [3.05, 3.63) is 60.3 Å². The molecule has 3 aromatic rings. The Labute approximate surface area is 171 Å². The third kappa shape index (κ3) is 3.93. The van der Waals surface area contributed by atoms with Gasteiger partial charge in [0.15, 0.2) is 0 Å². The zero-order valence-corrected chi connectivity index (χ0v) is 17.4. The summed E-state index contributed by atoms with van der Waals surface area (Å²) in [5, 5.41) is 3.83. The molecule has 1 aromatic heterocycles. The van der Waals surface area contributed by atoms with Crippen molar-refractivity contribution in [3.63, 3.8) is 0 Å². The lowest BCUT2D eigenvalue weighted by atomic mass is 9.94. The standard InChI is InChI=1S/C22H25N3O3S/c1-15-12-16(2)14-25(13-15)29(27,28)18-8-6-17(7-9-18)22(26)24-21-5-3-4-20-19(21)10-11-23-20/h3-11,15-16,23H,12-14H2,1-2H3,(H,24,26). The van der Waals surface area contributed by atoms with Crippen molar-refractivity contribution in [3.8, 4) is 0 Å². The molecule has 1 fully saturated rings. The maximum absolute atomic E-state index is 13.0. The van der Waals surface area contributed by atoms with Gasteiger partial charge in [-0.25, -0.2) is 8.42 Å². The molecule has 6 nitrogen and oxygen atoms in total. The number of carbonyl (C=O) groups is 1. The van der Waals surface area contributed by atoms with Gasteiger partial charge in [0.1, 0.15) is 0 Å². The number of benzene rings is 2. The molecule has 4 rings (SSSR count). The monoisotopic (exact) mass is 411 g/mol. The number of nitrogens with zero attached hydrogens (tertiary/aromatic N) is 1. The fraction of sp³-hybridized carbons (Fsp3) is 0.318. The summed E-state index contributed by atoms with van der Waals surface area (Å²) in [5.41, 5.74) is 2.06. The van der Waals surface area contributed by atoms with Crippen LogP contribution in [-0.4, -0.2) is 36.7 Å². The highest BCUT2D eigenvalue weighted by molar-refractivity contribution is 7.89. The lowest BCUT2D eigenvalue weighted by Crippen LogP contribution is -2.42. The minimum Gasteiger partial charge on any atom is -0.361 e. The third-order valence-electron chi connectivity index (χ3n) is 5.43. The Morgan fingerprint density at radius 3 is 2.41 bits per heavy atom. The summed E-state index contributed by atoms with van der Waals surface area (Å²) in [6.45, 7) is 5.23. The molecule has 2 atom stereocenters. The number of aromatic nitrogens is 1. The van der Waals surface area contributed by atoms with Crippen LogP contribution in [0.3, 0.4) is 0 Å². The van der Waals surface area contributed by atoms with E-state index < -0.39 is 10.0 Å². The average Bonchev–Trinajstić information content (AvgIpc) is 3.17. The fourth-order valence-corrected chi connectivity index (χ4v) is 5.80. The molecule has 2 aromatic carbocycles. The molecule has 0 spiro atoms. The average molecular weight is 412 g/mol. The van der Waals surface area contributed by atoms with E-state index in [1.807, 2.05) is 30.5 Å². The Kier molecular flexibility index (Phi) is 5.19. The number of H-pyrrole nitrogens is 1. The van der Waals surface area contributed by atoms with Crippen LogP contribution >= 0.6 is 0 Å². The van der Waals surface area contributed by atoms with Crippen molar-refractivity contribution in [2.24, 2.45) is 11.8 Å². The van der Waals surface area contributed by atoms with Crippen molar-refractivity contribution in [2.75, 3.05) is 18.4 Å². The zero-order chi connectivity index (χ0) is 20.6. The summed E-state index contributed by atoms with van der Waals surface area (Å²) in [5.74, 6) is 0.410. The van der Waals surface area contributed by atoms with E-state index in [0.29, 0.717) is 36.2 Å². The van der Waals surface area contributed by atoms with E-state index in [1.165, 1.54) is 12.1 Å². The quantitative estimate of drug-likeness (QED) is 0.678. The number of anilines is 1. The van der Waals surface area contributed by atoms with Crippen LogP contribution < -0.4 is 5.32 Å². The summed E-state index contributed by atoms with van der Waals surface area (Å²) >= 11 is 0. The molecule has 0 aliphatic carbocycles. The lowest BCUT2D eigenvalue weighted by molar-refractivity contribution is 0.102. The van der Waals surface area contributed by atoms with E-state index >= 15 is 0 Å². The van der Waals surface area contributed by atoms with Gasteiger partial charge in [0.25, 0.3) is 5.91 Å². The number of amides is 1. The van der Waals surface area contributed by atoms with Gasteiger partial charge in [-0.3, -0.25) is 4.79 Å². The van der Waals surface area contributed by atoms with Crippen LogP contribution in [0.2, 0.25) is 0 Å². The number of nitrogens with one attached hydrogen (secondary N) is 2. The van der Waals surface area contributed by atoms with Gasteiger partial charge in [0.05, 0.1) is 10.6 Å². The number of sulfonamides is 1. The lowest BCUT2D eigenvalue weighted by Gasteiger charge is -2.34. The Hall–Kier alpha value is -2.64. The minimum absolute atomic E-state index is 0.225. The van der Waals surface area contributed by atoms with Crippen molar-refractivity contribution in [1.82, 2.24) is 9.29 Å². The molecule has 2 N–H and O–H groups in total. The van der Waals surface area contributed by atoms with E-state index in [-0.39, 0.29) is 10.8 Å². The maximum atomic E-state index is 13.0. The molecule has 1 aliphatic heterocycles. The Morgan fingerprint density at radius 1 is 1.03 bits per heavy atom. The van der Waals surface area contributed by atoms with Crippen molar-refractivity contribution in [1.29, 1.82) is 0 Å². The first-order valence-corrected chi connectivity index (χ1v) is 11.3. The minimum atomic E-state index is -3.55. The molecule has 2 heterocycles. The molecule has 1 saturated heterocycles. The van der Waals surface area contributed by atoms with E-state index in [2.05, 4.69) is 24.1 Å². The third-order valence-corrected chi connectivity index (χ3v) is 7.28. The topological polar surface area (TPSA) is 82.3 Å². The molecule has 7 heteroatoms. The molecular formula is C22H25N3O3S. The smallest absolute Gasteiger partial charge is 0.255 e. The molecule has 2 unspecified atom stereocenters. The first kappa shape index (κ1) is 19.7. The van der Waals surface area contributed by atoms with Crippen LogP contribution in [0.25, 0.3) is 10.9 Å². The number of carbonyl (C=O) groups excluding carboxylic acids is 1. The van der Waals surface area contributed by atoms with Gasteiger partial charge in [-0.2, -0.15) is 4.31 Å². The van der Waals surface area contributed by atoms with Crippen molar-refractivity contribution < 1.29 is 13.2 Å². The Bertz CT molecular complexity index is 1130. The second kappa shape index (κ2) is 7.65. The van der Waals surface area contributed by atoms with Gasteiger partial charge in [0, 0.05) is 35.8 Å². The van der Waals surface area contributed by atoms with Crippen LogP contribution in [-0.2, 0) is 10.0 Å². The number of rotatable bonds is 4. The Balaban J connectivity index is 1.53. The molecule has 1 amide bonds. The van der Waals surface area contributed by atoms with Gasteiger partial charge < -0.3 is 10.3 Å². The second-order valence-electron chi connectivity index (χ2n) is 7.99. The maximum Gasteiger partial charge on any atom is 0.255 e. The summed E-state index contributed by atoms with van der Waals surface area (Å²) in [4.78, 5) is 16.0. The number of aromatic amines is 1. The van der Waals surface area contributed by atoms with Gasteiger partial charge in [-0.1, -0.05) is 19.9 Å². The van der Waals surface area contributed by atoms with Gasteiger partial charge in [0.2, 0.25) is 10.0 Å². The predicted molar refractivity (Wildman–Crippen MR) is 114 cm³/mol. The van der Waals surface area contributed by atoms with E-state index in [4.69, 9.17) is 0 Å². The van der Waals surface area contributed by atoms with Crippen LogP contribution in [0.1, 0.15) is 30.6 Å². The number of hydrogen-bond donors (Lipinski definition) is 2. The van der Waals surface area contributed by atoms with Gasteiger partial charge >= 0.3 is 0 Å². The van der Waals surface area contributed by atoms with Crippen molar-refractivity contribution in [2.45, 2.75) is 25.2 Å². The molecule has 0 saturated carbocycles. The number of fused-ring (bicyclic) bond motifs is 1. The molecule has 152 valence electrons. The van der Waals surface area contributed by atoms with Crippen LogP contribution in [0.4, 0.5) is 5.69 Å². The summed E-state index contributed by atoms with van der Waals surface area (Å²) in [7, 11) is -3.55. The van der Waals surface area contributed by atoms with E-state index in [1.54, 1.807) is 16.4 Å². The highest BCUT2D eigenvalue weighted by Crippen LogP contribution is 2.27. The zero-order valence-electron chi connectivity index (χ0n) is 16.6. The first-order chi connectivity index (χ1) is 13.8. The summed E-state index contributed by atoms with van der Waals surface area (Å²) in [6.07, 6.45) is 2.86. The SMILES string of the molecule is CC1CC(C)CN(S(=O)(=O)c2ccc(C(=O)Nc3cccc4[nH]ccc34)cc2)C1. The van der Waals surface area contributed by atoms with Crippen LogP contribution in [0.15, 0.2) is 59.6 Å².